The van der Waals surface area contributed by atoms with Gasteiger partial charge in [0.15, 0.2) is 11.5 Å². The van der Waals surface area contributed by atoms with Gasteiger partial charge in [0, 0.05) is 5.02 Å². The van der Waals surface area contributed by atoms with Gasteiger partial charge in [-0.25, -0.2) is 0 Å². The molecule has 26 heavy (non-hydrogen) atoms. The largest absolute Gasteiger partial charge is 0.504 e. The first-order valence-electron chi connectivity index (χ1n) is 7.94. The Bertz CT molecular complexity index is 897. The van der Waals surface area contributed by atoms with Crippen LogP contribution in [0.15, 0.2) is 47.4 Å². The fourth-order valence-electron chi connectivity index (χ4n) is 2.48. The molecule has 7 heteroatoms. The van der Waals surface area contributed by atoms with Crippen molar-refractivity contribution in [2.45, 2.75) is 13.5 Å². The Balaban J connectivity index is 1.83. The highest BCUT2D eigenvalue weighted by Gasteiger charge is 2.35. The summed E-state index contributed by atoms with van der Waals surface area (Å²) in [6.07, 6.45) is 1.61. The summed E-state index contributed by atoms with van der Waals surface area (Å²) < 4.78 is 5.34. The second-order valence-electron chi connectivity index (χ2n) is 5.52. The Morgan fingerprint density at radius 1 is 1.23 bits per heavy atom. The van der Waals surface area contributed by atoms with E-state index in [1.54, 1.807) is 36.4 Å². The molecule has 5 nitrogen and oxygen atoms in total. The molecule has 0 atom stereocenters. The minimum absolute atomic E-state index is 0.0239. The highest BCUT2D eigenvalue weighted by molar-refractivity contribution is 8.18. The van der Waals surface area contributed by atoms with Crippen molar-refractivity contribution in [2.24, 2.45) is 0 Å². The molecule has 1 saturated heterocycles. The van der Waals surface area contributed by atoms with E-state index in [4.69, 9.17) is 16.3 Å². The zero-order valence-corrected chi connectivity index (χ0v) is 15.5. The number of hydrogen-bond donors (Lipinski definition) is 1. The van der Waals surface area contributed by atoms with E-state index in [1.165, 1.54) is 11.0 Å². The first kappa shape index (κ1) is 18.4. The summed E-state index contributed by atoms with van der Waals surface area (Å²) in [5, 5.41) is 9.93. The van der Waals surface area contributed by atoms with Crippen LogP contribution in [0.25, 0.3) is 6.08 Å². The van der Waals surface area contributed by atoms with Gasteiger partial charge in [-0.15, -0.1) is 0 Å². The van der Waals surface area contributed by atoms with Crippen LogP contribution in [0.4, 0.5) is 4.79 Å². The number of hydrogen-bond acceptors (Lipinski definition) is 5. The van der Waals surface area contributed by atoms with Crippen molar-refractivity contribution >= 4 is 40.6 Å². The van der Waals surface area contributed by atoms with Gasteiger partial charge >= 0.3 is 0 Å². The molecule has 2 aromatic carbocycles. The zero-order valence-electron chi connectivity index (χ0n) is 13.9. The molecular formula is C19H16ClNO4S. The topological polar surface area (TPSA) is 66.8 Å². The third-order valence-electron chi connectivity index (χ3n) is 3.74. The summed E-state index contributed by atoms with van der Waals surface area (Å²) in [6, 6.07) is 11.9. The van der Waals surface area contributed by atoms with Crippen molar-refractivity contribution in [3.8, 4) is 11.5 Å². The standard InChI is InChI=1S/C19H16ClNO4S/c1-2-25-16-9-12(7-8-15(16)22)10-17-18(23)21(19(24)26-17)11-13-5-3-4-6-14(13)20/h3-10,22H,2,11H2,1H3/b17-10-. The third kappa shape index (κ3) is 3.86. The fraction of sp³-hybridized carbons (Fsp3) is 0.158. The van der Waals surface area contributed by atoms with E-state index in [1.807, 2.05) is 13.0 Å². The van der Waals surface area contributed by atoms with Gasteiger partial charge in [0.25, 0.3) is 11.1 Å². The predicted octanol–water partition coefficient (Wildman–Crippen LogP) is 4.68. The van der Waals surface area contributed by atoms with Crippen molar-refractivity contribution in [3.63, 3.8) is 0 Å². The molecule has 0 unspecified atom stereocenters. The third-order valence-corrected chi connectivity index (χ3v) is 5.02. The van der Waals surface area contributed by atoms with Gasteiger partial charge < -0.3 is 9.84 Å². The predicted molar refractivity (Wildman–Crippen MR) is 102 cm³/mol. The molecule has 2 amide bonds. The van der Waals surface area contributed by atoms with Crippen molar-refractivity contribution in [3.05, 3.63) is 63.5 Å². The smallest absolute Gasteiger partial charge is 0.293 e. The lowest BCUT2D eigenvalue weighted by Gasteiger charge is -2.13. The molecule has 0 saturated carbocycles. The van der Waals surface area contributed by atoms with Crippen molar-refractivity contribution < 1.29 is 19.4 Å². The van der Waals surface area contributed by atoms with Crippen LogP contribution in [0.5, 0.6) is 11.5 Å². The van der Waals surface area contributed by atoms with Crippen molar-refractivity contribution in [2.75, 3.05) is 6.61 Å². The van der Waals surface area contributed by atoms with Crippen LogP contribution in [0.2, 0.25) is 5.02 Å². The molecule has 1 heterocycles. The summed E-state index contributed by atoms with van der Waals surface area (Å²) in [6.45, 7) is 2.35. The number of carbonyl (C=O) groups is 2. The number of halogens is 1. The Kier molecular flexibility index (Phi) is 5.54. The molecule has 1 aliphatic rings. The summed E-state index contributed by atoms with van der Waals surface area (Å²) >= 11 is 7.00. The minimum Gasteiger partial charge on any atom is -0.504 e. The van der Waals surface area contributed by atoms with Crippen LogP contribution >= 0.6 is 23.4 Å². The Hall–Kier alpha value is -2.44. The lowest BCUT2D eigenvalue weighted by Crippen LogP contribution is -2.27. The second-order valence-corrected chi connectivity index (χ2v) is 6.92. The number of nitrogens with zero attached hydrogens (tertiary/aromatic N) is 1. The number of benzene rings is 2. The van der Waals surface area contributed by atoms with Gasteiger partial charge in [0.2, 0.25) is 0 Å². The minimum atomic E-state index is -0.369. The molecule has 0 radical (unpaired) electrons. The van der Waals surface area contributed by atoms with Gasteiger partial charge in [0.1, 0.15) is 0 Å². The molecule has 1 fully saturated rings. The highest BCUT2D eigenvalue weighted by Crippen LogP contribution is 2.35. The Labute approximate surface area is 160 Å². The number of imide groups is 1. The monoisotopic (exact) mass is 389 g/mol. The SMILES string of the molecule is CCOc1cc(/C=C2\SC(=O)N(Cc3ccccc3Cl)C2=O)ccc1O. The van der Waals surface area contributed by atoms with E-state index in [-0.39, 0.29) is 23.4 Å². The van der Waals surface area contributed by atoms with Gasteiger partial charge in [-0.05, 0) is 54.1 Å². The van der Waals surface area contributed by atoms with Crippen LogP contribution in [0.3, 0.4) is 0 Å². The number of ether oxygens (including phenoxy) is 1. The molecule has 134 valence electrons. The Morgan fingerprint density at radius 2 is 2.00 bits per heavy atom. The van der Waals surface area contributed by atoms with Crippen molar-refractivity contribution in [1.29, 1.82) is 0 Å². The summed E-state index contributed by atoms with van der Waals surface area (Å²) in [5.74, 6) is -0.0154. The maximum atomic E-state index is 12.6. The molecule has 1 N–H and O–H groups in total. The molecule has 1 aliphatic heterocycles. The molecule has 0 aliphatic carbocycles. The number of phenols is 1. The van der Waals surface area contributed by atoms with E-state index in [9.17, 15) is 14.7 Å². The lowest BCUT2D eigenvalue weighted by molar-refractivity contribution is -0.123. The van der Waals surface area contributed by atoms with Gasteiger partial charge in [-0.3, -0.25) is 14.5 Å². The van der Waals surface area contributed by atoms with E-state index >= 15 is 0 Å². The molecule has 2 aromatic rings. The lowest BCUT2D eigenvalue weighted by atomic mass is 10.1. The van der Waals surface area contributed by atoms with Crippen LogP contribution in [-0.4, -0.2) is 27.8 Å². The van der Waals surface area contributed by atoms with Crippen LogP contribution in [0.1, 0.15) is 18.1 Å². The van der Waals surface area contributed by atoms with Crippen LogP contribution in [-0.2, 0) is 11.3 Å². The number of thioether (sulfide) groups is 1. The summed E-state index contributed by atoms with van der Waals surface area (Å²) in [7, 11) is 0. The van der Waals surface area contributed by atoms with Crippen molar-refractivity contribution in [1.82, 2.24) is 4.90 Å². The van der Waals surface area contributed by atoms with Crippen LogP contribution in [0, 0.1) is 0 Å². The maximum absolute atomic E-state index is 12.6. The number of carbonyl (C=O) groups excluding carboxylic acids is 2. The Morgan fingerprint density at radius 3 is 2.73 bits per heavy atom. The molecular weight excluding hydrogens is 374 g/mol. The molecule has 3 rings (SSSR count). The molecule has 0 bridgehead atoms. The average molecular weight is 390 g/mol. The zero-order chi connectivity index (χ0) is 18.7. The number of phenolic OH excluding ortho intramolecular Hbond substituents is 1. The normalized spacial score (nSPS) is 15.8. The van der Waals surface area contributed by atoms with E-state index < -0.39 is 0 Å². The summed E-state index contributed by atoms with van der Waals surface area (Å²) in [5.41, 5.74) is 1.37. The van der Waals surface area contributed by atoms with E-state index in [2.05, 4.69) is 0 Å². The maximum Gasteiger partial charge on any atom is 0.293 e. The van der Waals surface area contributed by atoms with Gasteiger partial charge in [-0.1, -0.05) is 35.9 Å². The second kappa shape index (κ2) is 7.85. The van der Waals surface area contributed by atoms with Gasteiger partial charge in [-0.2, -0.15) is 0 Å². The number of aromatic hydroxyl groups is 1. The molecule has 0 aromatic heterocycles. The van der Waals surface area contributed by atoms with E-state index in [0.29, 0.717) is 33.4 Å². The summed E-state index contributed by atoms with van der Waals surface area (Å²) in [4.78, 5) is 26.3. The van der Waals surface area contributed by atoms with E-state index in [0.717, 1.165) is 11.8 Å². The number of rotatable bonds is 5. The average Bonchev–Trinajstić information content (AvgIpc) is 2.87. The fourth-order valence-corrected chi connectivity index (χ4v) is 3.51. The first-order chi connectivity index (χ1) is 12.5. The highest BCUT2D eigenvalue weighted by atomic mass is 35.5. The molecule has 0 spiro atoms. The number of amides is 2. The first-order valence-corrected chi connectivity index (χ1v) is 9.13. The van der Waals surface area contributed by atoms with Gasteiger partial charge in [0.05, 0.1) is 18.1 Å². The van der Waals surface area contributed by atoms with Crippen LogP contribution < -0.4 is 4.74 Å². The quantitative estimate of drug-likeness (QED) is 0.752.